The number of hydrazone groups is 1. The van der Waals surface area contributed by atoms with Crippen molar-refractivity contribution < 1.29 is 23.9 Å². The normalized spacial score (nSPS) is 10.6. The molecule has 0 aromatic heterocycles. The number of rotatable bonds is 7. The fourth-order valence-electron chi connectivity index (χ4n) is 2.69. The Morgan fingerprint density at radius 1 is 1.03 bits per heavy atom. The molecule has 0 saturated carbocycles. The van der Waals surface area contributed by atoms with Crippen LogP contribution in [0, 0.1) is 0 Å². The van der Waals surface area contributed by atoms with Crippen LogP contribution in [0.2, 0.25) is 5.02 Å². The van der Waals surface area contributed by atoms with Crippen molar-refractivity contribution in [2.45, 2.75) is 6.92 Å². The van der Waals surface area contributed by atoms with Gasteiger partial charge < -0.3 is 14.8 Å². The molecule has 34 heavy (non-hydrogen) atoms. The third-order valence-corrected chi connectivity index (χ3v) is 5.09. The van der Waals surface area contributed by atoms with Gasteiger partial charge in [0.15, 0.2) is 0 Å². The molecule has 0 fully saturated rings. The number of carbonyl (C=O) groups excluding carboxylic acids is 3. The molecule has 2 amide bonds. The number of esters is 1. The van der Waals surface area contributed by atoms with Crippen LogP contribution in [-0.2, 0) is 9.59 Å². The topological polar surface area (TPSA) is 106 Å². The number of hydrogen-bond acceptors (Lipinski definition) is 6. The minimum Gasteiger partial charge on any atom is -0.494 e. The monoisotopic (exact) mass is 543 g/mol. The van der Waals surface area contributed by atoms with E-state index in [4.69, 9.17) is 21.1 Å². The second kappa shape index (κ2) is 12.0. The molecule has 0 atom stereocenters. The zero-order chi connectivity index (χ0) is 24.5. The zero-order valence-electron chi connectivity index (χ0n) is 17.9. The molecule has 0 bridgehead atoms. The smallest absolute Gasteiger partial charge is 0.345 e. The van der Waals surface area contributed by atoms with Crippen LogP contribution < -0.4 is 20.2 Å². The number of ether oxygens (including phenoxy) is 2. The average Bonchev–Trinajstić information content (AvgIpc) is 2.82. The SMILES string of the molecule is CCOc1ccc(NC(=O)C(=O)NN=Cc2cc(Br)ccc2OC(=O)c2ccccc2Cl)cc1. The van der Waals surface area contributed by atoms with Crippen molar-refractivity contribution in [3.05, 3.63) is 87.4 Å². The number of halogens is 2. The molecule has 0 unspecified atom stereocenters. The molecular weight excluding hydrogens is 526 g/mol. The molecule has 2 N–H and O–H groups in total. The molecule has 3 aromatic rings. The van der Waals surface area contributed by atoms with Gasteiger partial charge in [-0.05, 0) is 61.5 Å². The van der Waals surface area contributed by atoms with Crippen molar-refractivity contribution in [1.29, 1.82) is 0 Å². The maximum Gasteiger partial charge on any atom is 0.345 e. The van der Waals surface area contributed by atoms with Crippen LogP contribution in [0.1, 0.15) is 22.8 Å². The summed E-state index contributed by atoms with van der Waals surface area (Å²) >= 11 is 9.38. The number of nitrogens with one attached hydrogen (secondary N) is 2. The Bertz CT molecular complexity index is 1230. The molecule has 0 aliphatic rings. The van der Waals surface area contributed by atoms with Gasteiger partial charge in [-0.1, -0.05) is 39.7 Å². The molecule has 8 nitrogen and oxygen atoms in total. The summed E-state index contributed by atoms with van der Waals surface area (Å²) in [6.45, 7) is 2.38. The third kappa shape index (κ3) is 6.90. The molecule has 0 heterocycles. The lowest BCUT2D eigenvalue weighted by Crippen LogP contribution is -2.32. The summed E-state index contributed by atoms with van der Waals surface area (Å²) in [5, 5.41) is 6.51. The van der Waals surface area contributed by atoms with Crippen molar-refractivity contribution in [2.75, 3.05) is 11.9 Å². The Kier molecular flexibility index (Phi) is 8.78. The first-order valence-electron chi connectivity index (χ1n) is 10.0. The Labute approximate surface area is 209 Å². The summed E-state index contributed by atoms with van der Waals surface area (Å²) in [5.41, 5.74) is 3.14. The highest BCUT2D eigenvalue weighted by molar-refractivity contribution is 9.10. The van der Waals surface area contributed by atoms with Crippen molar-refractivity contribution >= 4 is 57.2 Å². The zero-order valence-corrected chi connectivity index (χ0v) is 20.2. The quantitative estimate of drug-likeness (QED) is 0.146. The first kappa shape index (κ1) is 24.9. The largest absolute Gasteiger partial charge is 0.494 e. The van der Waals surface area contributed by atoms with Crippen molar-refractivity contribution in [3.8, 4) is 11.5 Å². The number of amides is 2. The first-order valence-corrected chi connectivity index (χ1v) is 11.2. The summed E-state index contributed by atoms with van der Waals surface area (Å²) in [6, 6.07) is 17.9. The second-order valence-electron chi connectivity index (χ2n) is 6.66. The highest BCUT2D eigenvalue weighted by Gasteiger charge is 2.15. The van der Waals surface area contributed by atoms with Gasteiger partial charge in [0.25, 0.3) is 0 Å². The minimum atomic E-state index is -0.977. The number of benzene rings is 3. The lowest BCUT2D eigenvalue weighted by Gasteiger charge is -2.09. The molecule has 0 spiro atoms. The molecular formula is C24H19BrClN3O5. The van der Waals surface area contributed by atoms with Crippen molar-refractivity contribution in [2.24, 2.45) is 5.10 Å². The van der Waals surface area contributed by atoms with Gasteiger partial charge >= 0.3 is 17.8 Å². The molecule has 0 saturated heterocycles. The molecule has 0 aliphatic heterocycles. The van der Waals surface area contributed by atoms with Crippen LogP contribution in [0.3, 0.4) is 0 Å². The van der Waals surface area contributed by atoms with Gasteiger partial charge in [0, 0.05) is 15.7 Å². The van der Waals surface area contributed by atoms with Crippen LogP contribution in [0.15, 0.2) is 76.3 Å². The molecule has 3 aromatic carbocycles. The maximum atomic E-state index is 12.5. The van der Waals surface area contributed by atoms with E-state index in [1.165, 1.54) is 6.21 Å². The Morgan fingerprint density at radius 2 is 1.76 bits per heavy atom. The highest BCUT2D eigenvalue weighted by Crippen LogP contribution is 2.24. The predicted molar refractivity (Wildman–Crippen MR) is 133 cm³/mol. The van der Waals surface area contributed by atoms with Crippen molar-refractivity contribution in [3.63, 3.8) is 0 Å². The van der Waals surface area contributed by atoms with E-state index in [1.54, 1.807) is 66.7 Å². The fourth-order valence-corrected chi connectivity index (χ4v) is 3.29. The van der Waals surface area contributed by atoms with E-state index in [-0.39, 0.29) is 16.3 Å². The van der Waals surface area contributed by atoms with E-state index in [0.717, 1.165) is 0 Å². The van der Waals surface area contributed by atoms with E-state index >= 15 is 0 Å². The predicted octanol–water partition coefficient (Wildman–Crippen LogP) is 4.81. The van der Waals surface area contributed by atoms with Gasteiger partial charge in [0.2, 0.25) is 0 Å². The molecule has 10 heteroatoms. The van der Waals surface area contributed by atoms with E-state index in [1.807, 2.05) is 6.92 Å². The average molecular weight is 545 g/mol. The summed E-state index contributed by atoms with van der Waals surface area (Å²) < 4.78 is 11.5. The van der Waals surface area contributed by atoms with Gasteiger partial charge in [-0.25, -0.2) is 10.2 Å². The fraction of sp³-hybridized carbons (Fsp3) is 0.0833. The van der Waals surface area contributed by atoms with Crippen LogP contribution in [0.25, 0.3) is 0 Å². The third-order valence-electron chi connectivity index (χ3n) is 4.27. The highest BCUT2D eigenvalue weighted by atomic mass is 79.9. The second-order valence-corrected chi connectivity index (χ2v) is 7.99. The number of hydrogen-bond donors (Lipinski definition) is 2. The van der Waals surface area contributed by atoms with E-state index in [2.05, 4.69) is 31.8 Å². The van der Waals surface area contributed by atoms with Crippen LogP contribution in [0.5, 0.6) is 11.5 Å². The summed E-state index contributed by atoms with van der Waals surface area (Å²) in [4.78, 5) is 36.7. The van der Waals surface area contributed by atoms with Gasteiger partial charge in [-0.2, -0.15) is 5.10 Å². The van der Waals surface area contributed by atoms with Gasteiger partial charge in [-0.3, -0.25) is 9.59 Å². The maximum absolute atomic E-state index is 12.5. The summed E-state index contributed by atoms with van der Waals surface area (Å²) in [6.07, 6.45) is 1.25. The number of nitrogens with zero attached hydrogens (tertiary/aromatic N) is 1. The molecule has 0 radical (unpaired) electrons. The van der Waals surface area contributed by atoms with Crippen LogP contribution >= 0.6 is 27.5 Å². The molecule has 3 rings (SSSR count). The van der Waals surface area contributed by atoms with Gasteiger partial charge in [0.05, 0.1) is 23.4 Å². The van der Waals surface area contributed by atoms with E-state index in [9.17, 15) is 14.4 Å². The number of anilines is 1. The van der Waals surface area contributed by atoms with Crippen molar-refractivity contribution in [1.82, 2.24) is 5.43 Å². The van der Waals surface area contributed by atoms with E-state index in [0.29, 0.717) is 28.1 Å². The number of carbonyl (C=O) groups is 3. The standard InChI is InChI=1S/C24H19BrClN3O5/c1-2-33-18-10-8-17(9-11-18)28-22(30)23(31)29-27-14-15-13-16(25)7-12-21(15)34-24(32)19-5-3-4-6-20(19)26/h3-14H,2H2,1H3,(H,28,30)(H,29,31). The van der Waals surface area contributed by atoms with Gasteiger partial charge in [-0.15, -0.1) is 0 Å². The lowest BCUT2D eigenvalue weighted by molar-refractivity contribution is -0.136. The van der Waals surface area contributed by atoms with Gasteiger partial charge in [0.1, 0.15) is 11.5 Å². The van der Waals surface area contributed by atoms with Crippen LogP contribution in [-0.4, -0.2) is 30.6 Å². The lowest BCUT2D eigenvalue weighted by atomic mass is 10.2. The summed E-state index contributed by atoms with van der Waals surface area (Å²) in [5.74, 6) is -1.70. The minimum absolute atomic E-state index is 0.185. The Balaban J connectivity index is 1.64. The first-order chi connectivity index (χ1) is 16.4. The Hall–Kier alpha value is -3.69. The Morgan fingerprint density at radius 3 is 2.47 bits per heavy atom. The molecule has 174 valence electrons. The van der Waals surface area contributed by atoms with E-state index < -0.39 is 17.8 Å². The van der Waals surface area contributed by atoms with Crippen LogP contribution in [0.4, 0.5) is 5.69 Å². The molecule has 0 aliphatic carbocycles. The summed E-state index contributed by atoms with van der Waals surface area (Å²) in [7, 11) is 0.